The van der Waals surface area contributed by atoms with Gasteiger partial charge in [0.15, 0.2) is 9.84 Å². The van der Waals surface area contributed by atoms with Crippen LogP contribution in [-0.4, -0.2) is 54.0 Å². The van der Waals surface area contributed by atoms with Gasteiger partial charge in [0.2, 0.25) is 0 Å². The van der Waals surface area contributed by atoms with Gasteiger partial charge in [-0.1, -0.05) is 0 Å². The van der Waals surface area contributed by atoms with Gasteiger partial charge in [-0.3, -0.25) is 9.88 Å². The average Bonchev–Trinajstić information content (AvgIpc) is 2.70. The molecule has 0 amide bonds. The Morgan fingerprint density at radius 2 is 2.32 bits per heavy atom. The van der Waals surface area contributed by atoms with Crippen LogP contribution < -0.4 is 0 Å². The number of rotatable bonds is 4. The highest BCUT2D eigenvalue weighted by molar-refractivity contribution is 7.91. The Hall–Kier alpha value is -1.47. The predicted octanol–water partition coefficient (Wildman–Crippen LogP) is 0.399. The smallest absolute Gasteiger partial charge is 0.337 e. The molecule has 0 radical (unpaired) electrons. The maximum Gasteiger partial charge on any atom is 0.337 e. The van der Waals surface area contributed by atoms with Crippen LogP contribution in [0.1, 0.15) is 22.5 Å². The van der Waals surface area contributed by atoms with Crippen LogP contribution in [0, 0.1) is 0 Å². The number of pyridine rings is 1. The minimum absolute atomic E-state index is 0.0614. The molecule has 2 heterocycles. The van der Waals surface area contributed by atoms with Gasteiger partial charge in [0.25, 0.3) is 0 Å². The van der Waals surface area contributed by atoms with Crippen molar-refractivity contribution in [2.45, 2.75) is 19.0 Å². The number of hydrogen-bond donors (Lipinski definition) is 1. The molecule has 1 aromatic heterocycles. The van der Waals surface area contributed by atoms with Crippen LogP contribution in [0.25, 0.3) is 0 Å². The van der Waals surface area contributed by atoms with Gasteiger partial charge in [0.05, 0.1) is 22.8 Å². The van der Waals surface area contributed by atoms with Crippen LogP contribution in [0.15, 0.2) is 18.3 Å². The molecule has 0 saturated carbocycles. The standard InChI is InChI=1S/C12H16N2O4S/c1-14(9-4-6-19(17,18)8-9)7-11-10(12(15)16)3-2-5-13-11/h2-3,5,9H,4,6-8H2,1H3,(H,15,16). The molecule has 1 saturated heterocycles. The van der Waals surface area contributed by atoms with Gasteiger partial charge >= 0.3 is 5.97 Å². The van der Waals surface area contributed by atoms with E-state index in [4.69, 9.17) is 5.11 Å². The Bertz CT molecular complexity index is 585. The number of sulfone groups is 1. The molecule has 6 nitrogen and oxygen atoms in total. The highest BCUT2D eigenvalue weighted by atomic mass is 32.2. The van der Waals surface area contributed by atoms with Crippen molar-refractivity contribution in [3.63, 3.8) is 0 Å². The lowest BCUT2D eigenvalue weighted by atomic mass is 10.1. The SMILES string of the molecule is CN(Cc1ncccc1C(=O)O)C1CCS(=O)(=O)C1. The number of carbonyl (C=O) groups is 1. The molecule has 1 aliphatic heterocycles. The largest absolute Gasteiger partial charge is 0.478 e. The molecule has 1 unspecified atom stereocenters. The van der Waals surface area contributed by atoms with E-state index in [1.54, 1.807) is 19.3 Å². The topological polar surface area (TPSA) is 87.6 Å². The number of carboxylic acid groups (broad SMARTS) is 1. The lowest BCUT2D eigenvalue weighted by Crippen LogP contribution is -2.33. The second-order valence-corrected chi connectivity index (χ2v) is 7.00. The highest BCUT2D eigenvalue weighted by Gasteiger charge is 2.31. The lowest BCUT2D eigenvalue weighted by Gasteiger charge is -2.23. The Kier molecular flexibility index (Phi) is 3.86. The third-order valence-electron chi connectivity index (χ3n) is 3.35. The first-order valence-electron chi connectivity index (χ1n) is 5.97. The first-order chi connectivity index (χ1) is 8.89. The fourth-order valence-corrected chi connectivity index (χ4v) is 4.05. The van der Waals surface area contributed by atoms with Crippen molar-refractivity contribution < 1.29 is 18.3 Å². The van der Waals surface area contributed by atoms with Crippen LogP contribution in [0.5, 0.6) is 0 Å². The van der Waals surface area contributed by atoms with Crippen molar-refractivity contribution in [3.05, 3.63) is 29.6 Å². The van der Waals surface area contributed by atoms with E-state index < -0.39 is 15.8 Å². The summed E-state index contributed by atoms with van der Waals surface area (Å²) in [5.74, 6) is -0.676. The molecule has 1 atom stereocenters. The highest BCUT2D eigenvalue weighted by Crippen LogP contribution is 2.19. The summed E-state index contributed by atoms with van der Waals surface area (Å²) >= 11 is 0. The van der Waals surface area contributed by atoms with E-state index in [1.807, 2.05) is 4.90 Å². The molecule has 0 aliphatic carbocycles. The fourth-order valence-electron chi connectivity index (χ4n) is 2.25. The molecule has 104 valence electrons. The Morgan fingerprint density at radius 3 is 2.89 bits per heavy atom. The van der Waals surface area contributed by atoms with Crippen LogP contribution in [0.4, 0.5) is 0 Å². The third kappa shape index (κ3) is 3.30. The molecule has 1 fully saturated rings. The van der Waals surface area contributed by atoms with E-state index >= 15 is 0 Å². The zero-order valence-electron chi connectivity index (χ0n) is 10.6. The lowest BCUT2D eigenvalue weighted by molar-refractivity contribution is 0.0693. The molecular formula is C12H16N2O4S. The Labute approximate surface area is 112 Å². The van der Waals surface area contributed by atoms with Crippen molar-refractivity contribution in [3.8, 4) is 0 Å². The number of aromatic nitrogens is 1. The minimum Gasteiger partial charge on any atom is -0.478 e. The first kappa shape index (κ1) is 14.0. The van der Waals surface area contributed by atoms with Gasteiger partial charge in [-0.25, -0.2) is 13.2 Å². The second kappa shape index (κ2) is 5.26. The van der Waals surface area contributed by atoms with Gasteiger partial charge in [-0.05, 0) is 25.6 Å². The maximum absolute atomic E-state index is 11.4. The van der Waals surface area contributed by atoms with E-state index in [-0.39, 0.29) is 23.1 Å². The van der Waals surface area contributed by atoms with Gasteiger partial charge in [0, 0.05) is 18.8 Å². The first-order valence-corrected chi connectivity index (χ1v) is 7.79. The van der Waals surface area contributed by atoms with Crippen molar-refractivity contribution in [2.24, 2.45) is 0 Å². The van der Waals surface area contributed by atoms with Crippen molar-refractivity contribution >= 4 is 15.8 Å². The number of hydrogen-bond acceptors (Lipinski definition) is 5. The fraction of sp³-hybridized carbons (Fsp3) is 0.500. The molecule has 1 aromatic rings. The summed E-state index contributed by atoms with van der Waals surface area (Å²) in [7, 11) is -1.14. The van der Waals surface area contributed by atoms with Gasteiger partial charge < -0.3 is 5.11 Å². The summed E-state index contributed by atoms with van der Waals surface area (Å²) in [5, 5.41) is 9.07. The molecule has 0 bridgehead atoms. The van der Waals surface area contributed by atoms with Crippen LogP contribution in [0.2, 0.25) is 0 Å². The van der Waals surface area contributed by atoms with Crippen molar-refractivity contribution in [1.29, 1.82) is 0 Å². The summed E-state index contributed by atoms with van der Waals surface area (Å²) in [6, 6.07) is 3.02. The zero-order valence-corrected chi connectivity index (χ0v) is 11.4. The van der Waals surface area contributed by atoms with Gasteiger partial charge in [0.1, 0.15) is 0 Å². The summed E-state index contributed by atoms with van der Waals surface area (Å²) in [6.07, 6.45) is 2.13. The Morgan fingerprint density at radius 1 is 1.58 bits per heavy atom. The predicted molar refractivity (Wildman–Crippen MR) is 69.7 cm³/mol. The molecular weight excluding hydrogens is 268 g/mol. The number of nitrogens with zero attached hydrogens (tertiary/aromatic N) is 2. The van der Waals surface area contributed by atoms with E-state index in [0.717, 1.165) is 0 Å². The number of aromatic carboxylic acids is 1. The quantitative estimate of drug-likeness (QED) is 0.861. The molecule has 0 aromatic carbocycles. The maximum atomic E-state index is 11.4. The molecule has 2 rings (SSSR count). The number of carboxylic acids is 1. The van der Waals surface area contributed by atoms with E-state index in [9.17, 15) is 13.2 Å². The average molecular weight is 284 g/mol. The molecule has 0 spiro atoms. The van der Waals surface area contributed by atoms with Crippen LogP contribution in [0.3, 0.4) is 0 Å². The normalized spacial score (nSPS) is 21.7. The molecule has 7 heteroatoms. The summed E-state index contributed by atoms with van der Waals surface area (Å²) < 4.78 is 22.9. The Balaban J connectivity index is 2.12. The summed E-state index contributed by atoms with van der Waals surface area (Å²) in [6.45, 7) is 0.336. The molecule has 1 N–H and O–H groups in total. The monoisotopic (exact) mass is 284 g/mol. The molecule has 19 heavy (non-hydrogen) atoms. The summed E-state index contributed by atoms with van der Waals surface area (Å²) in [4.78, 5) is 17.0. The van der Waals surface area contributed by atoms with E-state index in [0.29, 0.717) is 18.7 Å². The van der Waals surface area contributed by atoms with Crippen LogP contribution >= 0.6 is 0 Å². The zero-order chi connectivity index (χ0) is 14.0. The summed E-state index contributed by atoms with van der Waals surface area (Å²) in [5.41, 5.74) is 0.622. The molecule has 1 aliphatic rings. The van der Waals surface area contributed by atoms with E-state index in [2.05, 4.69) is 4.98 Å². The van der Waals surface area contributed by atoms with Crippen molar-refractivity contribution in [1.82, 2.24) is 9.88 Å². The third-order valence-corrected chi connectivity index (χ3v) is 5.10. The van der Waals surface area contributed by atoms with E-state index in [1.165, 1.54) is 6.07 Å². The second-order valence-electron chi connectivity index (χ2n) is 4.77. The minimum atomic E-state index is -2.94. The van der Waals surface area contributed by atoms with Gasteiger partial charge in [-0.2, -0.15) is 0 Å². The van der Waals surface area contributed by atoms with Crippen LogP contribution in [-0.2, 0) is 16.4 Å². The van der Waals surface area contributed by atoms with Crippen molar-refractivity contribution in [2.75, 3.05) is 18.6 Å². The van der Waals surface area contributed by atoms with Gasteiger partial charge in [-0.15, -0.1) is 0 Å².